The van der Waals surface area contributed by atoms with E-state index in [1.165, 1.54) is 0 Å². The summed E-state index contributed by atoms with van der Waals surface area (Å²) < 4.78 is 0.990. The molecule has 0 aliphatic carbocycles. The summed E-state index contributed by atoms with van der Waals surface area (Å²) in [6, 6.07) is 13.2. The van der Waals surface area contributed by atoms with Gasteiger partial charge in [0.05, 0.1) is 5.75 Å². The van der Waals surface area contributed by atoms with Gasteiger partial charge in [0.2, 0.25) is 5.91 Å². The molecule has 0 bridgehead atoms. The normalized spacial score (nSPS) is 18.3. The van der Waals surface area contributed by atoms with Gasteiger partial charge in [0, 0.05) is 20.2 Å². The minimum Gasteiger partial charge on any atom is -0.295 e. The lowest BCUT2D eigenvalue weighted by molar-refractivity contribution is -0.115. The third-order valence-corrected chi connectivity index (χ3v) is 5.27. The number of amides is 1. The quantitative estimate of drug-likeness (QED) is 0.657. The average molecular weight is 403 g/mol. The molecule has 1 fully saturated rings. The molecular formula is C15H10BrCl2NOS. The molecule has 0 spiro atoms. The number of benzene rings is 2. The molecule has 0 aromatic heterocycles. The zero-order valence-corrected chi connectivity index (χ0v) is 14.6. The number of anilines is 1. The smallest absolute Gasteiger partial charge is 0.238 e. The van der Waals surface area contributed by atoms with E-state index in [4.69, 9.17) is 23.2 Å². The third kappa shape index (κ3) is 3.24. The minimum atomic E-state index is -0.0652. The summed E-state index contributed by atoms with van der Waals surface area (Å²) in [4.78, 5) is 14.0. The van der Waals surface area contributed by atoms with Crippen molar-refractivity contribution in [2.75, 3.05) is 10.7 Å². The van der Waals surface area contributed by atoms with Crippen LogP contribution in [0.15, 0.2) is 46.9 Å². The standard InChI is InChI=1S/C15H10BrCl2NOS/c16-10-3-1-2-9(4-10)15-19(14(20)8-21-15)13-6-11(17)5-12(18)7-13/h1-7,15H,8H2/t15-/m1/s1. The second-order valence-corrected chi connectivity index (χ2v) is 7.47. The third-order valence-electron chi connectivity index (χ3n) is 3.13. The first-order valence-corrected chi connectivity index (χ1v) is 8.79. The van der Waals surface area contributed by atoms with Gasteiger partial charge in [-0.3, -0.25) is 9.69 Å². The molecule has 0 saturated carbocycles. The Morgan fingerprint density at radius 3 is 2.52 bits per heavy atom. The Hall–Kier alpha value is -0.680. The lowest BCUT2D eigenvalue weighted by Crippen LogP contribution is -2.27. The predicted molar refractivity (Wildman–Crippen MR) is 93.3 cm³/mol. The van der Waals surface area contributed by atoms with E-state index in [0.717, 1.165) is 15.7 Å². The van der Waals surface area contributed by atoms with Gasteiger partial charge in [-0.25, -0.2) is 0 Å². The molecule has 1 saturated heterocycles. The molecule has 1 heterocycles. The van der Waals surface area contributed by atoms with Crippen LogP contribution in [-0.4, -0.2) is 11.7 Å². The van der Waals surface area contributed by atoms with E-state index in [1.807, 2.05) is 24.3 Å². The molecule has 6 heteroatoms. The largest absolute Gasteiger partial charge is 0.295 e. The van der Waals surface area contributed by atoms with Crippen LogP contribution in [0, 0.1) is 0 Å². The first-order chi connectivity index (χ1) is 10.0. The van der Waals surface area contributed by atoms with Crippen LogP contribution in [0.3, 0.4) is 0 Å². The summed E-state index contributed by atoms with van der Waals surface area (Å²) in [7, 11) is 0. The lowest BCUT2D eigenvalue weighted by Gasteiger charge is -2.25. The van der Waals surface area contributed by atoms with Crippen LogP contribution < -0.4 is 4.90 Å². The average Bonchev–Trinajstić information content (AvgIpc) is 2.79. The van der Waals surface area contributed by atoms with Crippen molar-refractivity contribution in [1.82, 2.24) is 0 Å². The van der Waals surface area contributed by atoms with Crippen molar-refractivity contribution in [3.63, 3.8) is 0 Å². The summed E-state index contributed by atoms with van der Waals surface area (Å²) in [6.07, 6.45) is 0. The number of hydrogen-bond acceptors (Lipinski definition) is 2. The van der Waals surface area contributed by atoms with Gasteiger partial charge in [-0.05, 0) is 35.9 Å². The molecule has 0 N–H and O–H groups in total. The highest BCUT2D eigenvalue weighted by atomic mass is 79.9. The number of halogens is 3. The Morgan fingerprint density at radius 2 is 1.86 bits per heavy atom. The number of nitrogens with zero attached hydrogens (tertiary/aromatic N) is 1. The van der Waals surface area contributed by atoms with E-state index in [1.54, 1.807) is 34.9 Å². The molecule has 3 rings (SSSR count). The zero-order valence-electron chi connectivity index (χ0n) is 10.7. The first-order valence-electron chi connectivity index (χ1n) is 6.20. The van der Waals surface area contributed by atoms with Crippen molar-refractivity contribution in [3.8, 4) is 0 Å². The molecule has 0 unspecified atom stereocenters. The summed E-state index contributed by atoms with van der Waals surface area (Å²) in [6.45, 7) is 0. The number of carbonyl (C=O) groups excluding carboxylic acids is 1. The predicted octanol–water partition coefficient (Wildman–Crippen LogP) is 5.53. The minimum absolute atomic E-state index is 0.0586. The van der Waals surface area contributed by atoms with Crippen LogP contribution >= 0.6 is 50.9 Å². The molecule has 1 amide bonds. The maximum atomic E-state index is 12.3. The van der Waals surface area contributed by atoms with Crippen LogP contribution in [-0.2, 0) is 4.79 Å². The summed E-state index contributed by atoms with van der Waals surface area (Å²) >= 11 is 17.2. The van der Waals surface area contributed by atoms with Crippen molar-refractivity contribution in [2.45, 2.75) is 5.37 Å². The van der Waals surface area contributed by atoms with Crippen molar-refractivity contribution < 1.29 is 4.79 Å². The Labute approximate surface area is 145 Å². The lowest BCUT2D eigenvalue weighted by atomic mass is 10.2. The summed E-state index contributed by atoms with van der Waals surface area (Å²) in [5.41, 5.74) is 1.80. The van der Waals surface area contributed by atoms with Crippen molar-refractivity contribution in [1.29, 1.82) is 0 Å². The second-order valence-electron chi connectivity index (χ2n) is 4.61. The monoisotopic (exact) mass is 401 g/mol. The fourth-order valence-electron chi connectivity index (χ4n) is 2.29. The molecule has 1 aliphatic rings. The van der Waals surface area contributed by atoms with Crippen LogP contribution in [0.25, 0.3) is 0 Å². The Balaban J connectivity index is 2.03. The SMILES string of the molecule is O=C1CS[C@H](c2cccc(Br)c2)N1c1cc(Cl)cc(Cl)c1. The summed E-state index contributed by atoms with van der Waals surface area (Å²) in [5, 5.41) is 0.981. The molecule has 2 aromatic rings. The van der Waals surface area contributed by atoms with E-state index in [2.05, 4.69) is 15.9 Å². The van der Waals surface area contributed by atoms with E-state index in [0.29, 0.717) is 15.8 Å². The van der Waals surface area contributed by atoms with Gasteiger partial charge in [-0.2, -0.15) is 0 Å². The van der Waals surface area contributed by atoms with Crippen molar-refractivity contribution in [3.05, 3.63) is 62.5 Å². The molecule has 1 atom stereocenters. The molecule has 0 radical (unpaired) electrons. The molecule has 108 valence electrons. The number of hydrogen-bond donors (Lipinski definition) is 0. The van der Waals surface area contributed by atoms with Gasteiger partial charge in [0.25, 0.3) is 0 Å². The van der Waals surface area contributed by atoms with E-state index < -0.39 is 0 Å². The second kappa shape index (κ2) is 6.21. The molecule has 2 aromatic carbocycles. The first kappa shape index (κ1) is 15.2. The van der Waals surface area contributed by atoms with Gasteiger partial charge in [-0.15, -0.1) is 11.8 Å². The molecule has 21 heavy (non-hydrogen) atoms. The maximum Gasteiger partial charge on any atom is 0.238 e. The Morgan fingerprint density at radius 1 is 1.14 bits per heavy atom. The van der Waals surface area contributed by atoms with E-state index in [-0.39, 0.29) is 11.3 Å². The fourth-order valence-corrected chi connectivity index (χ4v) is 4.39. The summed E-state index contributed by atoms with van der Waals surface area (Å²) in [5.74, 6) is 0.504. The van der Waals surface area contributed by atoms with Crippen LogP contribution in [0.4, 0.5) is 5.69 Å². The topological polar surface area (TPSA) is 20.3 Å². The number of thioether (sulfide) groups is 1. The highest BCUT2D eigenvalue weighted by Crippen LogP contribution is 2.43. The van der Waals surface area contributed by atoms with Crippen molar-refractivity contribution in [2.24, 2.45) is 0 Å². The van der Waals surface area contributed by atoms with Crippen LogP contribution in [0.2, 0.25) is 10.0 Å². The van der Waals surface area contributed by atoms with E-state index >= 15 is 0 Å². The van der Waals surface area contributed by atoms with Crippen molar-refractivity contribution >= 4 is 62.5 Å². The van der Waals surface area contributed by atoms with E-state index in [9.17, 15) is 4.79 Å². The zero-order chi connectivity index (χ0) is 15.0. The molecule has 1 aliphatic heterocycles. The highest BCUT2D eigenvalue weighted by Gasteiger charge is 2.34. The number of carbonyl (C=O) groups is 1. The maximum absolute atomic E-state index is 12.3. The van der Waals surface area contributed by atoms with Gasteiger partial charge >= 0.3 is 0 Å². The fraction of sp³-hybridized carbons (Fsp3) is 0.133. The van der Waals surface area contributed by atoms with Gasteiger partial charge in [-0.1, -0.05) is 51.3 Å². The van der Waals surface area contributed by atoms with Gasteiger partial charge in [0.1, 0.15) is 5.37 Å². The molecule has 2 nitrogen and oxygen atoms in total. The van der Waals surface area contributed by atoms with Crippen LogP contribution in [0.1, 0.15) is 10.9 Å². The van der Waals surface area contributed by atoms with Crippen LogP contribution in [0.5, 0.6) is 0 Å². The number of rotatable bonds is 2. The highest BCUT2D eigenvalue weighted by molar-refractivity contribution is 9.10. The Kier molecular flexibility index (Phi) is 4.50. The van der Waals surface area contributed by atoms with Gasteiger partial charge in [0.15, 0.2) is 0 Å². The Bertz CT molecular complexity index is 690. The van der Waals surface area contributed by atoms with Gasteiger partial charge < -0.3 is 0 Å². The molecular weight excluding hydrogens is 393 g/mol.